The molecule has 8 atom stereocenters. The van der Waals surface area contributed by atoms with E-state index in [0.29, 0.717) is 23.7 Å². The fourth-order valence-electron chi connectivity index (χ4n) is 5.47. The van der Waals surface area contributed by atoms with Crippen LogP contribution in [0.15, 0.2) is 12.2 Å². The van der Waals surface area contributed by atoms with Crippen molar-refractivity contribution in [3.63, 3.8) is 0 Å². The Balaban J connectivity index is 1.31. The Hall–Kier alpha value is -0.830. The molecular weight excluding hydrogens is 240 g/mol. The summed E-state index contributed by atoms with van der Waals surface area (Å²) in [5.74, 6) is 3.30. The molecular formula is C16H20O3. The van der Waals surface area contributed by atoms with Gasteiger partial charge in [0, 0.05) is 0 Å². The van der Waals surface area contributed by atoms with Crippen molar-refractivity contribution in [2.45, 2.75) is 37.9 Å². The Kier molecular flexibility index (Phi) is 2.08. The minimum atomic E-state index is 0.0569. The first-order chi connectivity index (χ1) is 9.29. The van der Waals surface area contributed by atoms with Gasteiger partial charge in [-0.2, -0.15) is 0 Å². The van der Waals surface area contributed by atoms with E-state index in [1.165, 1.54) is 19.3 Å². The number of fused-ring (bicyclic) bond motifs is 3. The molecule has 1 saturated heterocycles. The summed E-state index contributed by atoms with van der Waals surface area (Å²) < 4.78 is 11.8. The number of hydrogen-bond donors (Lipinski definition) is 0. The van der Waals surface area contributed by atoms with Crippen LogP contribution in [-0.4, -0.2) is 24.8 Å². The van der Waals surface area contributed by atoms with Gasteiger partial charge in [0.1, 0.15) is 6.10 Å². The third-order valence-electron chi connectivity index (χ3n) is 6.33. The van der Waals surface area contributed by atoms with Gasteiger partial charge in [0.2, 0.25) is 0 Å². The molecule has 0 aromatic carbocycles. The zero-order valence-corrected chi connectivity index (χ0v) is 11.0. The molecule has 8 unspecified atom stereocenters. The first kappa shape index (κ1) is 10.9. The summed E-state index contributed by atoms with van der Waals surface area (Å²) in [6, 6.07) is 0. The summed E-state index contributed by atoms with van der Waals surface area (Å²) in [4.78, 5) is 12.4. The number of rotatable bonds is 2. The Labute approximate surface area is 113 Å². The van der Waals surface area contributed by atoms with E-state index in [2.05, 4.69) is 12.2 Å². The van der Waals surface area contributed by atoms with Crippen LogP contribution in [0.4, 0.5) is 0 Å². The lowest BCUT2D eigenvalue weighted by atomic mass is 9.88. The fourth-order valence-corrected chi connectivity index (χ4v) is 5.47. The van der Waals surface area contributed by atoms with Crippen molar-refractivity contribution in [3.05, 3.63) is 12.2 Å². The van der Waals surface area contributed by atoms with Gasteiger partial charge in [-0.1, -0.05) is 12.2 Å². The molecule has 1 heterocycles. The molecule has 3 saturated carbocycles. The topological polar surface area (TPSA) is 35.5 Å². The van der Waals surface area contributed by atoms with Crippen molar-refractivity contribution in [3.8, 4) is 0 Å². The second kappa shape index (κ2) is 3.63. The summed E-state index contributed by atoms with van der Waals surface area (Å²) in [5, 5.41) is 0. The number of esters is 1. The maximum Gasteiger partial charge on any atom is 0.309 e. The Morgan fingerprint density at radius 3 is 2.84 bits per heavy atom. The smallest absolute Gasteiger partial charge is 0.309 e. The van der Waals surface area contributed by atoms with Crippen LogP contribution in [-0.2, 0) is 14.3 Å². The third kappa shape index (κ3) is 1.40. The van der Waals surface area contributed by atoms with Gasteiger partial charge in [-0.3, -0.25) is 4.79 Å². The number of ether oxygens (including phenoxy) is 2. The molecule has 4 bridgehead atoms. The minimum absolute atomic E-state index is 0.0569. The molecule has 0 aromatic heterocycles. The van der Waals surface area contributed by atoms with Gasteiger partial charge in [-0.05, 0) is 55.3 Å². The summed E-state index contributed by atoms with van der Waals surface area (Å²) in [6.45, 7) is 0.900. The molecule has 0 aromatic rings. The second-order valence-electron chi connectivity index (χ2n) is 7.24. The van der Waals surface area contributed by atoms with Crippen molar-refractivity contribution < 1.29 is 14.3 Å². The van der Waals surface area contributed by atoms with E-state index in [1.54, 1.807) is 0 Å². The predicted octanol–water partition coefficient (Wildman–Crippen LogP) is 2.17. The minimum Gasteiger partial charge on any atom is -0.459 e. The maximum absolute atomic E-state index is 12.4. The van der Waals surface area contributed by atoms with Crippen molar-refractivity contribution in [1.29, 1.82) is 0 Å². The van der Waals surface area contributed by atoms with Crippen LogP contribution in [0.1, 0.15) is 25.7 Å². The van der Waals surface area contributed by atoms with E-state index in [-0.39, 0.29) is 24.1 Å². The van der Waals surface area contributed by atoms with Gasteiger partial charge in [0.25, 0.3) is 0 Å². The highest BCUT2D eigenvalue weighted by Crippen LogP contribution is 2.55. The van der Waals surface area contributed by atoms with Gasteiger partial charge in [-0.25, -0.2) is 0 Å². The highest BCUT2D eigenvalue weighted by Gasteiger charge is 2.59. The molecule has 3 heteroatoms. The quantitative estimate of drug-likeness (QED) is 0.564. The maximum atomic E-state index is 12.4. The highest BCUT2D eigenvalue weighted by molar-refractivity contribution is 5.74. The van der Waals surface area contributed by atoms with Gasteiger partial charge in [0.05, 0.1) is 18.6 Å². The summed E-state index contributed by atoms with van der Waals surface area (Å²) in [5.41, 5.74) is 0. The molecule has 1 aliphatic heterocycles. The van der Waals surface area contributed by atoms with E-state index in [4.69, 9.17) is 9.47 Å². The fraction of sp³-hybridized carbons (Fsp3) is 0.812. The van der Waals surface area contributed by atoms with Gasteiger partial charge >= 0.3 is 5.97 Å². The van der Waals surface area contributed by atoms with Crippen LogP contribution in [0.25, 0.3) is 0 Å². The summed E-state index contributed by atoms with van der Waals surface area (Å²) >= 11 is 0. The zero-order valence-electron chi connectivity index (χ0n) is 11.0. The molecule has 5 aliphatic rings. The van der Waals surface area contributed by atoms with Crippen LogP contribution in [0, 0.1) is 35.5 Å². The standard InChI is InChI=1S/C16H20O3/c17-16(13-4-8-1-2-9(13)3-8)19-14-10-5-11-7-18-15(14)12(11)6-10/h1-2,8-15H,3-7H2. The molecule has 0 amide bonds. The molecule has 5 rings (SSSR count). The lowest BCUT2D eigenvalue weighted by Crippen LogP contribution is -2.38. The van der Waals surface area contributed by atoms with E-state index in [1.807, 2.05) is 0 Å². The van der Waals surface area contributed by atoms with Crippen LogP contribution in [0.5, 0.6) is 0 Å². The van der Waals surface area contributed by atoms with Crippen molar-refractivity contribution in [2.75, 3.05) is 6.61 Å². The molecule has 0 radical (unpaired) electrons. The number of allylic oxidation sites excluding steroid dienone is 2. The van der Waals surface area contributed by atoms with Crippen LogP contribution in [0.3, 0.4) is 0 Å². The average Bonchev–Trinajstić information content (AvgIpc) is 3.15. The molecule has 19 heavy (non-hydrogen) atoms. The zero-order chi connectivity index (χ0) is 12.6. The lowest BCUT2D eigenvalue weighted by molar-refractivity contribution is -0.163. The number of carbonyl (C=O) groups excluding carboxylic acids is 1. The predicted molar refractivity (Wildman–Crippen MR) is 68.2 cm³/mol. The summed E-state index contributed by atoms with van der Waals surface area (Å²) in [6.07, 6.45) is 9.41. The monoisotopic (exact) mass is 260 g/mol. The Morgan fingerprint density at radius 2 is 2.05 bits per heavy atom. The van der Waals surface area contributed by atoms with E-state index in [9.17, 15) is 4.79 Å². The molecule has 102 valence electrons. The van der Waals surface area contributed by atoms with Gasteiger partial charge in [-0.15, -0.1) is 0 Å². The lowest BCUT2D eigenvalue weighted by Gasteiger charge is -2.28. The SMILES string of the molecule is O=C(OC1C2CC3COC1C3C2)C1CC2C=CC1C2. The van der Waals surface area contributed by atoms with Gasteiger partial charge in [0.15, 0.2) is 0 Å². The first-order valence-electron chi connectivity index (χ1n) is 7.80. The molecule has 4 fully saturated rings. The molecule has 0 N–H and O–H groups in total. The first-order valence-corrected chi connectivity index (χ1v) is 7.80. The van der Waals surface area contributed by atoms with Gasteiger partial charge < -0.3 is 9.47 Å². The van der Waals surface area contributed by atoms with E-state index >= 15 is 0 Å². The van der Waals surface area contributed by atoms with E-state index < -0.39 is 0 Å². The normalized spacial score (nSPS) is 56.2. The largest absolute Gasteiger partial charge is 0.459 e. The average molecular weight is 260 g/mol. The van der Waals surface area contributed by atoms with Crippen LogP contribution < -0.4 is 0 Å². The second-order valence-corrected chi connectivity index (χ2v) is 7.24. The summed E-state index contributed by atoms with van der Waals surface area (Å²) in [7, 11) is 0. The Morgan fingerprint density at radius 1 is 1.11 bits per heavy atom. The van der Waals surface area contributed by atoms with Crippen LogP contribution >= 0.6 is 0 Å². The third-order valence-corrected chi connectivity index (χ3v) is 6.33. The Bertz CT molecular complexity index is 455. The molecule has 4 aliphatic carbocycles. The molecule has 3 nitrogen and oxygen atoms in total. The van der Waals surface area contributed by atoms with E-state index in [0.717, 1.165) is 18.9 Å². The van der Waals surface area contributed by atoms with Crippen molar-refractivity contribution >= 4 is 5.97 Å². The van der Waals surface area contributed by atoms with Crippen LogP contribution in [0.2, 0.25) is 0 Å². The highest BCUT2D eigenvalue weighted by atomic mass is 16.6. The van der Waals surface area contributed by atoms with Crippen molar-refractivity contribution in [1.82, 2.24) is 0 Å². The number of carbonyl (C=O) groups is 1. The molecule has 0 spiro atoms. The number of hydrogen-bond acceptors (Lipinski definition) is 3. The van der Waals surface area contributed by atoms with Crippen molar-refractivity contribution in [2.24, 2.45) is 35.5 Å².